The quantitative estimate of drug-likeness (QED) is 0.427. The van der Waals surface area contributed by atoms with Crippen LogP contribution in [0.5, 0.6) is 0 Å². The molecule has 0 saturated carbocycles. The van der Waals surface area contributed by atoms with Crippen LogP contribution in [0.2, 0.25) is 0 Å². The zero-order valence-electron chi connectivity index (χ0n) is 4.65. The third-order valence-corrected chi connectivity index (χ3v) is 0. The van der Waals surface area contributed by atoms with Gasteiger partial charge in [0.05, 0.1) is 0 Å². The van der Waals surface area contributed by atoms with Gasteiger partial charge >= 0.3 is 0 Å². The van der Waals surface area contributed by atoms with E-state index in [1.807, 2.05) is 0 Å². The van der Waals surface area contributed by atoms with Gasteiger partial charge in [0.1, 0.15) is 0 Å². The Balaban J connectivity index is -0.00000000900. The summed E-state index contributed by atoms with van der Waals surface area (Å²) >= 11 is 0. The minimum atomic E-state index is 0. The summed E-state index contributed by atoms with van der Waals surface area (Å²) in [6.45, 7) is 18.0. The first-order valence-electron chi connectivity index (χ1n) is 1.50. The van der Waals surface area contributed by atoms with Crippen molar-refractivity contribution in [2.45, 2.75) is 0 Å². The Morgan fingerprint density at radius 2 is 0.429 bits per heavy atom. The summed E-state index contributed by atoms with van der Waals surface area (Å²) in [5.74, 6) is 0. The molecule has 0 aromatic rings. The van der Waals surface area contributed by atoms with Crippen LogP contribution in [-0.2, 0) is 0 Å². The molecule has 0 rings (SSSR count). The van der Waals surface area contributed by atoms with E-state index in [2.05, 4.69) is 39.5 Å². The predicted octanol–water partition coefficient (Wildman–Crippen LogP) is 3.02. The highest BCUT2D eigenvalue weighted by Crippen LogP contribution is 0.886. The van der Waals surface area contributed by atoms with Crippen molar-refractivity contribution in [3.63, 3.8) is 0 Å². The molecule has 0 N–H and O–H groups in total. The van der Waals surface area contributed by atoms with Crippen LogP contribution in [0.1, 0.15) is 0 Å². The molecule has 0 saturated heterocycles. The van der Waals surface area contributed by atoms with Crippen molar-refractivity contribution >= 4 is 24.0 Å². The van der Waals surface area contributed by atoms with E-state index in [9.17, 15) is 0 Å². The number of hydrogen-bond donors (Lipinski definition) is 0. The first-order valence-corrected chi connectivity index (χ1v) is 1.50. The first-order chi connectivity index (χ1) is 3.00. The van der Waals surface area contributed by atoms with Crippen LogP contribution < -0.4 is 0 Å². The Hall–Kier alpha value is -0.0500. The van der Waals surface area contributed by atoms with Crippen molar-refractivity contribution in [3.05, 3.63) is 39.5 Å². The van der Waals surface area contributed by atoms with Crippen molar-refractivity contribution in [2.24, 2.45) is 0 Å². The maximum absolute atomic E-state index is 3.00. The molecule has 0 fully saturated rings. The smallest absolute Gasteiger partial charge is 0.106 e. The molecule has 0 amide bonds. The molecule has 0 aliphatic heterocycles. The molecule has 0 unspecified atom stereocenters. The summed E-state index contributed by atoms with van der Waals surface area (Å²) in [5.41, 5.74) is 0. The van der Waals surface area contributed by atoms with Crippen molar-refractivity contribution in [1.29, 1.82) is 0 Å². The second-order valence-electron chi connectivity index (χ2n) is 0. The van der Waals surface area contributed by atoms with E-state index in [1.165, 1.54) is 0 Å². The molecular formula is C6H13I. The number of rotatable bonds is 0. The Morgan fingerprint density at radius 3 is 0.429 bits per heavy atom. The van der Waals surface area contributed by atoms with Crippen molar-refractivity contribution in [3.8, 4) is 0 Å². The van der Waals surface area contributed by atoms with E-state index in [4.69, 9.17) is 0 Å². The van der Waals surface area contributed by atoms with Crippen LogP contribution >= 0.6 is 24.0 Å². The zero-order chi connectivity index (χ0) is 6.00. The zero-order valence-corrected chi connectivity index (χ0v) is 6.98. The highest BCUT2D eigenvalue weighted by molar-refractivity contribution is 14.0. The first kappa shape index (κ1) is 28.3. The van der Waals surface area contributed by atoms with Gasteiger partial charge < -0.3 is 0 Å². The molecular weight excluding hydrogens is 199 g/mol. The molecule has 0 atom stereocenters. The molecule has 7 heavy (non-hydrogen) atoms. The minimum Gasteiger partial charge on any atom is -0.107 e. The van der Waals surface area contributed by atoms with Gasteiger partial charge in [-0.1, -0.05) is 0 Å². The van der Waals surface area contributed by atoms with E-state index in [1.54, 1.807) is 0 Å². The van der Waals surface area contributed by atoms with E-state index in [0.717, 1.165) is 0 Å². The largest absolute Gasteiger partial charge is 0.107 e. The van der Waals surface area contributed by atoms with E-state index in [0.29, 0.717) is 0 Å². The van der Waals surface area contributed by atoms with Crippen LogP contribution in [0, 0.1) is 0 Å². The summed E-state index contributed by atoms with van der Waals surface area (Å²) in [5, 5.41) is 0. The van der Waals surface area contributed by atoms with Gasteiger partial charge in [-0.15, -0.1) is 63.5 Å². The highest BCUT2D eigenvalue weighted by Gasteiger charge is 0.605. The van der Waals surface area contributed by atoms with E-state index in [-0.39, 0.29) is 24.0 Å². The summed E-state index contributed by atoms with van der Waals surface area (Å²) < 4.78 is 0. The number of hydrogen-bond acceptors (Lipinski definition) is 0. The van der Waals surface area contributed by atoms with Gasteiger partial charge in [-0.05, 0) is 0 Å². The van der Waals surface area contributed by atoms with Crippen molar-refractivity contribution < 1.29 is 0 Å². The standard InChI is InChI=1S/3C2H4.HI/c3*1-2;/h3*1-2H2;1H. The summed E-state index contributed by atoms with van der Waals surface area (Å²) in [4.78, 5) is 0. The fourth-order valence-electron chi connectivity index (χ4n) is 0. The SMILES string of the molecule is C=C.C=C.C=C.I. The lowest BCUT2D eigenvalue weighted by Crippen LogP contribution is -0.552. The van der Waals surface area contributed by atoms with Crippen molar-refractivity contribution in [2.75, 3.05) is 0 Å². The average Bonchev–Trinajstić information content (AvgIpc) is 1.81. The van der Waals surface area contributed by atoms with Gasteiger partial charge in [0, 0.05) is 0 Å². The highest BCUT2D eigenvalue weighted by atomic mass is 127. The second kappa shape index (κ2) is 58300. The fraction of sp³-hybridized carbons (Fsp3) is 0. The minimum absolute atomic E-state index is 0. The van der Waals surface area contributed by atoms with Gasteiger partial charge in [-0.3, -0.25) is 0 Å². The molecule has 0 aliphatic rings. The topological polar surface area (TPSA) is 0 Å². The van der Waals surface area contributed by atoms with Gasteiger partial charge in [0.2, 0.25) is 0 Å². The van der Waals surface area contributed by atoms with Gasteiger partial charge in [0.25, 0.3) is 0 Å². The lowest BCUT2D eigenvalue weighted by molar-refractivity contribution is 2.81. The average molecular weight is 212 g/mol. The van der Waals surface area contributed by atoms with Crippen LogP contribution in [0.3, 0.4) is 0 Å². The Kier molecular flexibility index (Phi) is 236000. The van der Waals surface area contributed by atoms with Crippen LogP contribution in [0.25, 0.3) is 0 Å². The summed E-state index contributed by atoms with van der Waals surface area (Å²) in [6, 6.07) is 0. The van der Waals surface area contributed by atoms with Gasteiger partial charge in [0.15, 0.2) is 0 Å². The molecule has 0 aliphatic carbocycles. The third kappa shape index (κ3) is 37100. The molecule has 0 aromatic carbocycles. The lowest BCUT2D eigenvalue weighted by atomic mass is 11.3. The van der Waals surface area contributed by atoms with Crippen LogP contribution in [0.15, 0.2) is 39.5 Å². The predicted molar refractivity (Wildman–Crippen MR) is 49.2 cm³/mol. The molecule has 0 aromatic heterocycles. The van der Waals surface area contributed by atoms with E-state index >= 15 is 0 Å². The van der Waals surface area contributed by atoms with Crippen LogP contribution in [0.4, 0.5) is 0 Å². The Morgan fingerprint density at radius 1 is 0.429 bits per heavy atom. The summed E-state index contributed by atoms with van der Waals surface area (Å²) in [7, 11) is 0. The van der Waals surface area contributed by atoms with Crippen molar-refractivity contribution in [1.82, 2.24) is 0 Å². The number of halogens is 1. The molecule has 0 nitrogen and oxygen atoms in total. The van der Waals surface area contributed by atoms with Gasteiger partial charge in [-0.2, -0.15) is 0 Å². The molecule has 44 valence electrons. The van der Waals surface area contributed by atoms with Gasteiger partial charge in [-0.25, -0.2) is 0 Å². The molecule has 0 spiro atoms. The molecule has 0 bridgehead atoms. The second-order valence-corrected chi connectivity index (χ2v) is 0. The van der Waals surface area contributed by atoms with E-state index < -0.39 is 0 Å². The third-order valence-electron chi connectivity index (χ3n) is 0. The summed E-state index contributed by atoms with van der Waals surface area (Å²) in [6.07, 6.45) is 0. The maximum Gasteiger partial charge on any atom is -0.106 e. The maximum atomic E-state index is 3.00. The molecule has 1 heteroatoms. The molecule has 0 radical (unpaired) electrons. The Labute approximate surface area is 63.7 Å². The molecule has 0 heterocycles. The fourth-order valence-corrected chi connectivity index (χ4v) is 0. The van der Waals surface area contributed by atoms with Crippen LogP contribution in [-0.4, -0.2) is 0 Å². The monoisotopic (exact) mass is 212 g/mol. The Bertz CT molecular complexity index is 8.90. The lowest BCUT2D eigenvalue weighted by Gasteiger charge is -0.813. The normalized spacial score (nSPS) is 1.71.